The van der Waals surface area contributed by atoms with E-state index in [1.54, 1.807) is 6.26 Å². The Bertz CT molecular complexity index is 282. The Labute approximate surface area is 105 Å². The van der Waals surface area contributed by atoms with E-state index in [4.69, 9.17) is 4.42 Å². The normalized spacial score (nSPS) is 13.5. The fourth-order valence-corrected chi connectivity index (χ4v) is 1.66. The molecule has 0 spiro atoms. The molecule has 0 bridgehead atoms. The maximum absolute atomic E-state index is 5.37. The van der Waals surface area contributed by atoms with Crippen LogP contribution in [0.5, 0.6) is 0 Å². The molecule has 1 rings (SSSR count). The molecule has 1 heterocycles. The summed E-state index contributed by atoms with van der Waals surface area (Å²) in [4.78, 5) is 2.39. The van der Waals surface area contributed by atoms with E-state index in [1.165, 1.54) is 0 Å². The number of furan rings is 1. The van der Waals surface area contributed by atoms with Crippen molar-refractivity contribution in [2.75, 3.05) is 19.6 Å². The second kappa shape index (κ2) is 7.51. The van der Waals surface area contributed by atoms with Gasteiger partial charge in [-0.3, -0.25) is 4.90 Å². The summed E-state index contributed by atoms with van der Waals surface area (Å²) in [6, 6.07) is 4.56. The zero-order valence-corrected chi connectivity index (χ0v) is 11.6. The van der Waals surface area contributed by atoms with Crippen LogP contribution in [0.1, 0.15) is 33.5 Å². The average Bonchev–Trinajstić information content (AvgIpc) is 2.80. The quantitative estimate of drug-likeness (QED) is 0.755. The van der Waals surface area contributed by atoms with Gasteiger partial charge in [0.25, 0.3) is 0 Å². The molecule has 1 N–H and O–H groups in total. The van der Waals surface area contributed by atoms with E-state index in [0.717, 1.165) is 31.9 Å². The lowest BCUT2D eigenvalue weighted by atomic mass is 10.1. The monoisotopic (exact) mass is 238 g/mol. The van der Waals surface area contributed by atoms with E-state index < -0.39 is 0 Å². The molecular weight excluding hydrogens is 212 g/mol. The highest BCUT2D eigenvalue weighted by Gasteiger charge is 2.08. The fraction of sp³-hybridized carbons (Fsp3) is 0.714. The molecule has 3 heteroatoms. The summed E-state index contributed by atoms with van der Waals surface area (Å²) >= 11 is 0. The molecule has 0 saturated heterocycles. The van der Waals surface area contributed by atoms with Gasteiger partial charge in [0.15, 0.2) is 0 Å². The Hall–Kier alpha value is -0.800. The molecule has 0 saturated carbocycles. The minimum absolute atomic E-state index is 0.581. The predicted molar refractivity (Wildman–Crippen MR) is 72.0 cm³/mol. The largest absolute Gasteiger partial charge is 0.468 e. The van der Waals surface area contributed by atoms with E-state index in [0.29, 0.717) is 12.0 Å². The van der Waals surface area contributed by atoms with Gasteiger partial charge in [0.05, 0.1) is 12.8 Å². The fourth-order valence-electron chi connectivity index (χ4n) is 1.66. The predicted octanol–water partition coefficient (Wildman–Crippen LogP) is 2.74. The van der Waals surface area contributed by atoms with Gasteiger partial charge < -0.3 is 9.73 Å². The second-order valence-electron chi connectivity index (χ2n) is 4.93. The number of hydrogen-bond donors (Lipinski definition) is 1. The first-order valence-electron chi connectivity index (χ1n) is 6.61. The second-order valence-corrected chi connectivity index (χ2v) is 4.93. The van der Waals surface area contributed by atoms with Gasteiger partial charge >= 0.3 is 0 Å². The van der Waals surface area contributed by atoms with Crippen LogP contribution in [-0.2, 0) is 6.54 Å². The maximum atomic E-state index is 5.37. The van der Waals surface area contributed by atoms with Crippen molar-refractivity contribution in [3.05, 3.63) is 24.2 Å². The Kier molecular flexibility index (Phi) is 6.30. The van der Waals surface area contributed by atoms with Gasteiger partial charge in [-0.1, -0.05) is 20.8 Å². The maximum Gasteiger partial charge on any atom is 0.117 e. The zero-order valence-electron chi connectivity index (χ0n) is 11.6. The minimum Gasteiger partial charge on any atom is -0.468 e. The van der Waals surface area contributed by atoms with Crippen molar-refractivity contribution < 1.29 is 4.42 Å². The summed E-state index contributed by atoms with van der Waals surface area (Å²) in [7, 11) is 0. The van der Waals surface area contributed by atoms with E-state index in [9.17, 15) is 0 Å². The Morgan fingerprint density at radius 1 is 1.35 bits per heavy atom. The van der Waals surface area contributed by atoms with Crippen LogP contribution in [0, 0.1) is 5.92 Å². The van der Waals surface area contributed by atoms with Crippen molar-refractivity contribution in [2.24, 2.45) is 5.92 Å². The molecule has 0 aromatic carbocycles. The smallest absolute Gasteiger partial charge is 0.117 e. The number of hydrogen-bond acceptors (Lipinski definition) is 3. The molecule has 0 aliphatic heterocycles. The van der Waals surface area contributed by atoms with Gasteiger partial charge in [-0.05, 0) is 31.5 Å². The number of likely N-dealkylation sites (N-methyl/N-ethyl adjacent to an activating group) is 1. The highest BCUT2D eigenvalue weighted by Crippen LogP contribution is 2.05. The molecule has 1 aromatic heterocycles. The topological polar surface area (TPSA) is 28.4 Å². The average molecular weight is 238 g/mol. The minimum atomic E-state index is 0.581. The Morgan fingerprint density at radius 3 is 2.65 bits per heavy atom. The van der Waals surface area contributed by atoms with Crippen LogP contribution >= 0.6 is 0 Å². The lowest BCUT2D eigenvalue weighted by molar-refractivity contribution is 0.249. The highest BCUT2D eigenvalue weighted by atomic mass is 16.3. The molecule has 0 fully saturated rings. The SMILES string of the molecule is CCN(CCNC(C)C(C)C)Cc1ccco1. The highest BCUT2D eigenvalue weighted by molar-refractivity contribution is 4.97. The van der Waals surface area contributed by atoms with E-state index in [2.05, 4.69) is 37.9 Å². The van der Waals surface area contributed by atoms with Crippen molar-refractivity contribution in [1.29, 1.82) is 0 Å². The van der Waals surface area contributed by atoms with Gasteiger partial charge in [0, 0.05) is 19.1 Å². The molecule has 1 aromatic rings. The molecule has 1 unspecified atom stereocenters. The van der Waals surface area contributed by atoms with E-state index in [1.807, 2.05) is 12.1 Å². The zero-order chi connectivity index (χ0) is 12.7. The van der Waals surface area contributed by atoms with Gasteiger partial charge in [0.1, 0.15) is 5.76 Å². The standard InChI is InChI=1S/C14H26N2O/c1-5-16(11-14-7-6-10-17-14)9-8-15-13(4)12(2)3/h6-7,10,12-13,15H,5,8-9,11H2,1-4H3. The van der Waals surface area contributed by atoms with Crippen molar-refractivity contribution in [2.45, 2.75) is 40.3 Å². The molecule has 0 amide bonds. The van der Waals surface area contributed by atoms with Crippen LogP contribution in [0.15, 0.2) is 22.8 Å². The van der Waals surface area contributed by atoms with Crippen LogP contribution in [0.4, 0.5) is 0 Å². The van der Waals surface area contributed by atoms with Crippen LogP contribution in [0.3, 0.4) is 0 Å². The van der Waals surface area contributed by atoms with Gasteiger partial charge in [-0.15, -0.1) is 0 Å². The molecule has 17 heavy (non-hydrogen) atoms. The van der Waals surface area contributed by atoms with Gasteiger partial charge in [0.2, 0.25) is 0 Å². The van der Waals surface area contributed by atoms with Crippen molar-refractivity contribution in [1.82, 2.24) is 10.2 Å². The third kappa shape index (κ3) is 5.37. The molecular formula is C14H26N2O. The Balaban J connectivity index is 2.23. The van der Waals surface area contributed by atoms with Gasteiger partial charge in [-0.2, -0.15) is 0 Å². The van der Waals surface area contributed by atoms with Crippen LogP contribution in [0.2, 0.25) is 0 Å². The first-order valence-corrected chi connectivity index (χ1v) is 6.61. The van der Waals surface area contributed by atoms with Crippen molar-refractivity contribution in [3.8, 4) is 0 Å². The van der Waals surface area contributed by atoms with E-state index >= 15 is 0 Å². The first kappa shape index (κ1) is 14.3. The lowest BCUT2D eigenvalue weighted by Crippen LogP contribution is -2.37. The van der Waals surface area contributed by atoms with Crippen molar-refractivity contribution in [3.63, 3.8) is 0 Å². The van der Waals surface area contributed by atoms with Gasteiger partial charge in [-0.25, -0.2) is 0 Å². The molecule has 98 valence electrons. The van der Waals surface area contributed by atoms with Crippen molar-refractivity contribution >= 4 is 0 Å². The summed E-state index contributed by atoms with van der Waals surface area (Å²) in [6.07, 6.45) is 1.74. The summed E-state index contributed by atoms with van der Waals surface area (Å²) in [5.74, 6) is 1.74. The summed E-state index contributed by atoms with van der Waals surface area (Å²) in [5, 5.41) is 3.55. The molecule has 0 radical (unpaired) electrons. The molecule has 0 aliphatic carbocycles. The third-order valence-corrected chi connectivity index (χ3v) is 3.30. The molecule has 0 aliphatic rings. The molecule has 3 nitrogen and oxygen atoms in total. The summed E-state index contributed by atoms with van der Waals surface area (Å²) < 4.78 is 5.37. The first-order chi connectivity index (χ1) is 8.13. The number of nitrogens with one attached hydrogen (secondary N) is 1. The number of rotatable bonds is 8. The summed E-state index contributed by atoms with van der Waals surface area (Å²) in [5.41, 5.74) is 0. The van der Waals surface area contributed by atoms with E-state index in [-0.39, 0.29) is 0 Å². The van der Waals surface area contributed by atoms with Crippen LogP contribution < -0.4 is 5.32 Å². The van der Waals surface area contributed by atoms with Crippen LogP contribution in [0.25, 0.3) is 0 Å². The Morgan fingerprint density at radius 2 is 2.12 bits per heavy atom. The third-order valence-electron chi connectivity index (χ3n) is 3.30. The lowest BCUT2D eigenvalue weighted by Gasteiger charge is -2.22. The molecule has 1 atom stereocenters. The number of nitrogens with zero attached hydrogens (tertiary/aromatic N) is 1. The van der Waals surface area contributed by atoms with Crippen LogP contribution in [-0.4, -0.2) is 30.6 Å². The summed E-state index contributed by atoms with van der Waals surface area (Å²) in [6.45, 7) is 13.0.